The molecule has 0 atom stereocenters. The van der Waals surface area contributed by atoms with Gasteiger partial charge in [-0.1, -0.05) is 5.92 Å². The Balaban J connectivity index is 1.99. The molecule has 8 heteroatoms. The molecule has 7 nitrogen and oxygen atoms in total. The number of fused-ring (bicyclic) bond motifs is 1. The van der Waals surface area contributed by atoms with E-state index in [2.05, 4.69) is 46.8 Å². The Labute approximate surface area is 191 Å². The van der Waals surface area contributed by atoms with Crippen LogP contribution in [0.15, 0.2) is 24.7 Å². The lowest BCUT2D eigenvalue weighted by molar-refractivity contribution is 0.0809. The van der Waals surface area contributed by atoms with Gasteiger partial charge in [-0.3, -0.25) is 0 Å². The largest absolute Gasteiger partial charge is 0.378 e. The smallest absolute Gasteiger partial charge is 0.139 e. The summed E-state index contributed by atoms with van der Waals surface area (Å²) in [5, 5.41) is 25.2. The lowest BCUT2D eigenvalue weighted by atomic mass is 10.1. The Morgan fingerprint density at radius 1 is 1.25 bits per heavy atom. The lowest BCUT2D eigenvalue weighted by Gasteiger charge is -2.24. The maximum Gasteiger partial charge on any atom is 0.139 e. The van der Waals surface area contributed by atoms with Crippen molar-refractivity contribution in [2.75, 3.05) is 31.1 Å². The van der Waals surface area contributed by atoms with Crippen LogP contribution in [0.25, 0.3) is 22.0 Å². The minimum atomic E-state index is -1.11. The fourth-order valence-electron chi connectivity index (χ4n) is 3.30. The van der Waals surface area contributed by atoms with Crippen LogP contribution in [0.3, 0.4) is 0 Å². The van der Waals surface area contributed by atoms with Gasteiger partial charge in [0.15, 0.2) is 0 Å². The summed E-state index contributed by atoms with van der Waals surface area (Å²) in [7, 11) is -0.594. The Kier molecular flexibility index (Phi) is 7.00. The van der Waals surface area contributed by atoms with Crippen LogP contribution in [-0.4, -0.2) is 61.2 Å². The number of rotatable bonds is 7. The molecule has 0 unspecified atom stereocenters. The van der Waals surface area contributed by atoms with Crippen molar-refractivity contribution in [2.45, 2.75) is 39.6 Å². The Morgan fingerprint density at radius 3 is 2.62 bits per heavy atom. The monoisotopic (exact) mass is 453 g/mol. The van der Waals surface area contributed by atoms with E-state index in [4.69, 9.17) is 4.74 Å². The molecule has 3 heterocycles. The lowest BCUT2D eigenvalue weighted by Crippen LogP contribution is -2.14. The van der Waals surface area contributed by atoms with Crippen molar-refractivity contribution in [3.63, 3.8) is 0 Å². The van der Waals surface area contributed by atoms with E-state index in [1.54, 1.807) is 30.9 Å². The van der Waals surface area contributed by atoms with E-state index < -0.39 is 15.6 Å². The van der Waals surface area contributed by atoms with Gasteiger partial charge in [-0.25, -0.2) is 19.7 Å². The quantitative estimate of drug-likeness (QED) is 0.436. The van der Waals surface area contributed by atoms with Crippen LogP contribution >= 0.6 is 10.0 Å². The van der Waals surface area contributed by atoms with Gasteiger partial charge in [-0.15, -0.1) is 0 Å². The number of aliphatic hydroxyl groups is 1. The zero-order valence-corrected chi connectivity index (χ0v) is 20.5. The molecule has 0 spiro atoms. The van der Waals surface area contributed by atoms with Crippen molar-refractivity contribution in [3.05, 3.63) is 36.0 Å². The zero-order chi connectivity index (χ0) is 23.5. The van der Waals surface area contributed by atoms with Gasteiger partial charge < -0.3 is 14.4 Å². The highest BCUT2D eigenvalue weighted by atomic mass is 32.3. The van der Waals surface area contributed by atoms with Gasteiger partial charge in [0.1, 0.15) is 29.8 Å². The molecule has 1 N–H and O–H groups in total. The van der Waals surface area contributed by atoms with Crippen molar-refractivity contribution in [3.8, 4) is 29.0 Å². The molecular formula is C24H31N5O2S. The van der Waals surface area contributed by atoms with Gasteiger partial charge in [0.05, 0.1) is 24.5 Å². The third-order valence-electron chi connectivity index (χ3n) is 4.85. The van der Waals surface area contributed by atoms with Crippen molar-refractivity contribution in [2.24, 2.45) is 0 Å². The Bertz CT molecular complexity index is 1210. The van der Waals surface area contributed by atoms with E-state index in [0.717, 1.165) is 27.8 Å². The zero-order valence-electron chi connectivity index (χ0n) is 19.6. The van der Waals surface area contributed by atoms with E-state index in [-0.39, 0.29) is 0 Å². The topological polar surface area (TPSA) is 88.9 Å². The third-order valence-corrected chi connectivity index (χ3v) is 6.25. The van der Waals surface area contributed by atoms with Gasteiger partial charge in [0.2, 0.25) is 0 Å². The molecule has 0 saturated carbocycles. The van der Waals surface area contributed by atoms with Crippen molar-refractivity contribution in [1.82, 2.24) is 19.3 Å². The summed E-state index contributed by atoms with van der Waals surface area (Å²) in [4.78, 5) is 4.42. The van der Waals surface area contributed by atoms with Crippen LogP contribution < -0.4 is 0 Å². The molecule has 3 aromatic heterocycles. The summed E-state index contributed by atoms with van der Waals surface area (Å²) in [6, 6.07) is 4.22. The minimum Gasteiger partial charge on any atom is -0.378 e. The maximum absolute atomic E-state index is 9.93. The number of nitriles is 1. The predicted octanol–water partition coefficient (Wildman–Crippen LogP) is 3.58. The van der Waals surface area contributed by atoms with E-state index >= 15 is 0 Å². The highest BCUT2D eigenvalue weighted by Crippen LogP contribution is 2.35. The first-order chi connectivity index (χ1) is 15.0. The standard InChI is InChI=1S/C24H31N5O2S/c1-7-29-21(13-25)23(18-14-27-28(16-18)17-31-10-11-32(4,5)6)20-12-19(26-15-22(20)29)8-9-24(2,3)30/h12,14-16,30H,7,10-11,17H2,1-6H3. The summed E-state index contributed by atoms with van der Waals surface area (Å²) in [5.74, 6) is 6.77. The van der Waals surface area contributed by atoms with Crippen molar-refractivity contribution in [1.29, 1.82) is 5.26 Å². The fourth-order valence-corrected chi connectivity index (χ4v) is 3.92. The number of hydrogen-bond donors (Lipinski definition) is 1. The molecule has 0 saturated heterocycles. The molecule has 0 amide bonds. The van der Waals surface area contributed by atoms with Crippen LogP contribution in [-0.2, 0) is 18.0 Å². The van der Waals surface area contributed by atoms with Gasteiger partial charge >= 0.3 is 0 Å². The first-order valence-corrected chi connectivity index (χ1v) is 13.5. The van der Waals surface area contributed by atoms with Gasteiger partial charge in [-0.05, 0) is 51.5 Å². The van der Waals surface area contributed by atoms with E-state index in [1.807, 2.05) is 23.8 Å². The molecular weight excluding hydrogens is 422 g/mol. The summed E-state index contributed by atoms with van der Waals surface area (Å²) in [6.45, 7) is 6.97. The SMILES string of the molecule is CCn1c(C#N)c(-c2cnn(COCCS(C)(C)C)c2)c2cc(C#CC(C)(C)O)ncc21. The molecule has 3 rings (SSSR count). The molecule has 0 bridgehead atoms. The first-order valence-electron chi connectivity index (χ1n) is 10.5. The molecule has 0 aliphatic heterocycles. The van der Waals surface area contributed by atoms with Crippen LogP contribution in [0.1, 0.15) is 32.2 Å². The van der Waals surface area contributed by atoms with Crippen LogP contribution in [0.4, 0.5) is 0 Å². The molecule has 0 aliphatic rings. The Hall–Kier alpha value is -2.78. The van der Waals surface area contributed by atoms with Crippen LogP contribution in [0.5, 0.6) is 0 Å². The third kappa shape index (κ3) is 5.72. The molecule has 0 aromatic carbocycles. The number of hydrogen-bond acceptors (Lipinski definition) is 5. The molecule has 0 aliphatic carbocycles. The average Bonchev–Trinajstić information content (AvgIpc) is 3.29. The molecule has 0 fully saturated rings. The predicted molar refractivity (Wildman–Crippen MR) is 131 cm³/mol. The van der Waals surface area contributed by atoms with Gasteiger partial charge in [0, 0.05) is 35.0 Å². The van der Waals surface area contributed by atoms with Gasteiger partial charge in [0.25, 0.3) is 0 Å². The Morgan fingerprint density at radius 2 is 2.00 bits per heavy atom. The number of ether oxygens (including phenoxy) is 1. The van der Waals surface area contributed by atoms with Crippen LogP contribution in [0.2, 0.25) is 0 Å². The number of nitrogens with zero attached hydrogens (tertiary/aromatic N) is 5. The second-order valence-corrected chi connectivity index (χ2v) is 13.7. The number of pyridine rings is 1. The summed E-state index contributed by atoms with van der Waals surface area (Å²) in [5.41, 5.74) is 2.51. The van der Waals surface area contributed by atoms with Crippen molar-refractivity contribution < 1.29 is 9.84 Å². The molecule has 170 valence electrons. The molecule has 0 radical (unpaired) electrons. The van der Waals surface area contributed by atoms with Gasteiger partial charge in [-0.2, -0.15) is 10.4 Å². The minimum absolute atomic E-state index is 0.369. The first kappa shape index (κ1) is 23.9. The highest BCUT2D eigenvalue weighted by Gasteiger charge is 2.20. The highest BCUT2D eigenvalue weighted by molar-refractivity contribution is 8.32. The molecule has 3 aromatic rings. The number of aromatic nitrogens is 4. The maximum atomic E-state index is 9.93. The summed E-state index contributed by atoms with van der Waals surface area (Å²) in [6.07, 6.45) is 12.2. The normalized spacial score (nSPS) is 12.4. The van der Waals surface area contributed by atoms with E-state index in [0.29, 0.717) is 31.3 Å². The van der Waals surface area contributed by atoms with E-state index in [9.17, 15) is 10.4 Å². The number of aryl methyl sites for hydroxylation is 1. The van der Waals surface area contributed by atoms with Crippen molar-refractivity contribution >= 4 is 20.9 Å². The second kappa shape index (κ2) is 9.38. The second-order valence-electron chi connectivity index (χ2n) is 9.08. The van der Waals surface area contributed by atoms with E-state index in [1.165, 1.54) is 0 Å². The summed E-state index contributed by atoms with van der Waals surface area (Å²) < 4.78 is 9.50. The van der Waals surface area contributed by atoms with Crippen LogP contribution in [0, 0.1) is 23.2 Å². The fraction of sp³-hybridized carbons (Fsp3) is 0.458. The summed E-state index contributed by atoms with van der Waals surface area (Å²) >= 11 is 0. The average molecular weight is 454 g/mol. The molecule has 32 heavy (non-hydrogen) atoms.